The lowest BCUT2D eigenvalue weighted by Crippen LogP contribution is -2.40. The first kappa shape index (κ1) is 13.6. The zero-order valence-corrected chi connectivity index (χ0v) is 11.8. The lowest BCUT2D eigenvalue weighted by Gasteiger charge is -2.22. The number of carbonyl (C=O) groups excluding carboxylic acids is 2. The van der Waals surface area contributed by atoms with Crippen LogP contribution in [0, 0.1) is 19.3 Å². The van der Waals surface area contributed by atoms with Crippen molar-refractivity contribution in [3.63, 3.8) is 0 Å². The van der Waals surface area contributed by atoms with Crippen molar-refractivity contribution in [1.82, 2.24) is 20.4 Å². The average molecular weight is 264 g/mol. The van der Waals surface area contributed by atoms with Gasteiger partial charge in [-0.25, -0.2) is 0 Å². The van der Waals surface area contributed by atoms with E-state index in [1.807, 2.05) is 20.8 Å². The molecule has 0 radical (unpaired) electrons. The number of nitrogens with one attached hydrogen (secondary N) is 2. The number of likely N-dealkylation sites (tertiary alicyclic amines) is 1. The van der Waals surface area contributed by atoms with Crippen LogP contribution in [0.3, 0.4) is 0 Å². The SMILES string of the molecule is CNC(=O)C1(C)CCN(C(=O)c2c(C)n[nH]c2C)C1. The molecular formula is C13H20N4O2. The molecule has 1 aliphatic heterocycles. The van der Waals surface area contributed by atoms with Crippen LogP contribution in [0.5, 0.6) is 0 Å². The van der Waals surface area contributed by atoms with Gasteiger partial charge in [0, 0.05) is 25.8 Å². The summed E-state index contributed by atoms with van der Waals surface area (Å²) in [6.45, 7) is 6.60. The van der Waals surface area contributed by atoms with Gasteiger partial charge in [-0.3, -0.25) is 14.7 Å². The number of nitrogens with zero attached hydrogens (tertiary/aromatic N) is 2. The van der Waals surface area contributed by atoms with E-state index in [0.29, 0.717) is 30.8 Å². The number of H-pyrrole nitrogens is 1. The second kappa shape index (κ2) is 4.68. The molecule has 0 aromatic carbocycles. The van der Waals surface area contributed by atoms with Gasteiger partial charge >= 0.3 is 0 Å². The van der Waals surface area contributed by atoms with E-state index in [-0.39, 0.29) is 11.8 Å². The molecule has 0 saturated carbocycles. The molecule has 6 heteroatoms. The van der Waals surface area contributed by atoms with Crippen molar-refractivity contribution in [2.75, 3.05) is 20.1 Å². The average Bonchev–Trinajstić information content (AvgIpc) is 2.93. The molecule has 1 aromatic rings. The fourth-order valence-electron chi connectivity index (χ4n) is 2.65. The molecule has 19 heavy (non-hydrogen) atoms. The highest BCUT2D eigenvalue weighted by molar-refractivity contribution is 5.97. The maximum absolute atomic E-state index is 12.5. The Morgan fingerprint density at radius 3 is 2.63 bits per heavy atom. The largest absolute Gasteiger partial charge is 0.359 e. The highest BCUT2D eigenvalue weighted by Crippen LogP contribution is 2.31. The molecule has 0 spiro atoms. The maximum Gasteiger partial charge on any atom is 0.257 e. The lowest BCUT2D eigenvalue weighted by molar-refractivity contribution is -0.128. The summed E-state index contributed by atoms with van der Waals surface area (Å²) in [5, 5.41) is 9.53. The molecule has 2 amide bonds. The van der Waals surface area contributed by atoms with Gasteiger partial charge in [-0.15, -0.1) is 0 Å². The van der Waals surface area contributed by atoms with Gasteiger partial charge in [-0.2, -0.15) is 5.10 Å². The smallest absolute Gasteiger partial charge is 0.257 e. The molecule has 2 heterocycles. The summed E-state index contributed by atoms with van der Waals surface area (Å²) in [6.07, 6.45) is 0.689. The number of aromatic amines is 1. The molecule has 1 aliphatic rings. The van der Waals surface area contributed by atoms with Crippen molar-refractivity contribution in [3.05, 3.63) is 17.0 Å². The number of aryl methyl sites for hydroxylation is 2. The number of carbonyl (C=O) groups is 2. The van der Waals surface area contributed by atoms with Gasteiger partial charge in [0.1, 0.15) is 0 Å². The van der Waals surface area contributed by atoms with E-state index in [9.17, 15) is 9.59 Å². The van der Waals surface area contributed by atoms with Gasteiger partial charge in [0.2, 0.25) is 5.91 Å². The summed E-state index contributed by atoms with van der Waals surface area (Å²) in [5.74, 6) is -0.0557. The van der Waals surface area contributed by atoms with Crippen molar-refractivity contribution >= 4 is 11.8 Å². The van der Waals surface area contributed by atoms with E-state index < -0.39 is 5.41 Å². The van der Waals surface area contributed by atoms with Gasteiger partial charge in [-0.05, 0) is 27.2 Å². The molecule has 0 aliphatic carbocycles. The minimum atomic E-state index is -0.490. The standard InChI is InChI=1S/C13H20N4O2/c1-8-10(9(2)16-15-8)11(18)17-6-5-13(3,7-17)12(19)14-4/h5-7H2,1-4H3,(H,14,19)(H,15,16). The van der Waals surface area contributed by atoms with Gasteiger partial charge in [0.15, 0.2) is 0 Å². The predicted molar refractivity (Wildman–Crippen MR) is 70.8 cm³/mol. The van der Waals surface area contributed by atoms with Gasteiger partial charge < -0.3 is 10.2 Å². The first-order chi connectivity index (χ1) is 8.89. The summed E-state index contributed by atoms with van der Waals surface area (Å²) < 4.78 is 0. The van der Waals surface area contributed by atoms with E-state index in [0.717, 1.165) is 5.69 Å². The number of hydrogen-bond acceptors (Lipinski definition) is 3. The molecule has 1 unspecified atom stereocenters. The molecule has 1 aromatic heterocycles. The summed E-state index contributed by atoms with van der Waals surface area (Å²) in [4.78, 5) is 26.1. The highest BCUT2D eigenvalue weighted by atomic mass is 16.2. The van der Waals surface area contributed by atoms with Crippen LogP contribution in [0.25, 0.3) is 0 Å². The van der Waals surface area contributed by atoms with Crippen LogP contribution in [-0.2, 0) is 4.79 Å². The predicted octanol–water partition coefficient (Wildman–Crippen LogP) is 0.625. The summed E-state index contributed by atoms with van der Waals surface area (Å²) in [6, 6.07) is 0. The van der Waals surface area contributed by atoms with Crippen LogP contribution in [0.4, 0.5) is 0 Å². The van der Waals surface area contributed by atoms with Crippen LogP contribution in [0.15, 0.2) is 0 Å². The minimum Gasteiger partial charge on any atom is -0.359 e. The number of aromatic nitrogens is 2. The molecule has 6 nitrogen and oxygen atoms in total. The second-order valence-electron chi connectivity index (χ2n) is 5.43. The normalized spacial score (nSPS) is 22.6. The lowest BCUT2D eigenvalue weighted by atomic mass is 9.89. The van der Waals surface area contributed by atoms with Crippen LogP contribution < -0.4 is 5.32 Å². The second-order valence-corrected chi connectivity index (χ2v) is 5.43. The number of rotatable bonds is 2. The molecular weight excluding hydrogens is 244 g/mol. The molecule has 104 valence electrons. The molecule has 2 N–H and O–H groups in total. The molecule has 1 saturated heterocycles. The van der Waals surface area contributed by atoms with Crippen LogP contribution in [-0.4, -0.2) is 47.0 Å². The Morgan fingerprint density at radius 2 is 2.11 bits per heavy atom. The van der Waals surface area contributed by atoms with E-state index in [1.165, 1.54) is 0 Å². The first-order valence-corrected chi connectivity index (χ1v) is 6.42. The highest BCUT2D eigenvalue weighted by Gasteiger charge is 2.42. The van der Waals surface area contributed by atoms with E-state index >= 15 is 0 Å². The third kappa shape index (κ3) is 2.22. The van der Waals surface area contributed by atoms with E-state index in [1.54, 1.807) is 11.9 Å². The van der Waals surface area contributed by atoms with Crippen molar-refractivity contribution in [2.45, 2.75) is 27.2 Å². The monoisotopic (exact) mass is 264 g/mol. The van der Waals surface area contributed by atoms with Crippen molar-refractivity contribution in [2.24, 2.45) is 5.41 Å². The van der Waals surface area contributed by atoms with Gasteiger partial charge in [0.05, 0.1) is 16.7 Å². The maximum atomic E-state index is 12.5. The third-order valence-corrected chi connectivity index (χ3v) is 3.88. The van der Waals surface area contributed by atoms with Crippen LogP contribution in [0.1, 0.15) is 35.1 Å². The number of amides is 2. The topological polar surface area (TPSA) is 78.1 Å². The molecule has 1 atom stereocenters. The van der Waals surface area contributed by atoms with Gasteiger partial charge in [-0.1, -0.05) is 0 Å². The first-order valence-electron chi connectivity index (χ1n) is 6.42. The quantitative estimate of drug-likeness (QED) is 0.822. The Bertz CT molecular complexity index is 503. The zero-order valence-electron chi connectivity index (χ0n) is 11.8. The molecule has 1 fully saturated rings. The van der Waals surface area contributed by atoms with Gasteiger partial charge in [0.25, 0.3) is 5.91 Å². The van der Waals surface area contributed by atoms with E-state index in [2.05, 4.69) is 15.5 Å². The van der Waals surface area contributed by atoms with E-state index in [4.69, 9.17) is 0 Å². The fourth-order valence-corrected chi connectivity index (χ4v) is 2.65. The fraction of sp³-hybridized carbons (Fsp3) is 0.615. The van der Waals surface area contributed by atoms with Crippen LogP contribution in [0.2, 0.25) is 0 Å². The summed E-state index contributed by atoms with van der Waals surface area (Å²) >= 11 is 0. The Morgan fingerprint density at radius 1 is 1.42 bits per heavy atom. The van der Waals surface area contributed by atoms with Crippen molar-refractivity contribution in [1.29, 1.82) is 0 Å². The zero-order chi connectivity index (χ0) is 14.2. The summed E-state index contributed by atoms with van der Waals surface area (Å²) in [5.41, 5.74) is 1.61. The Hall–Kier alpha value is -1.85. The Labute approximate surface area is 112 Å². The molecule has 0 bridgehead atoms. The van der Waals surface area contributed by atoms with Crippen LogP contribution >= 0.6 is 0 Å². The molecule has 2 rings (SSSR count). The Kier molecular flexibility index (Phi) is 3.34. The third-order valence-electron chi connectivity index (χ3n) is 3.88. The van der Waals surface area contributed by atoms with Crippen molar-refractivity contribution < 1.29 is 9.59 Å². The number of hydrogen-bond donors (Lipinski definition) is 2. The summed E-state index contributed by atoms with van der Waals surface area (Å²) in [7, 11) is 1.63. The Balaban J connectivity index is 2.18. The van der Waals surface area contributed by atoms with Crippen molar-refractivity contribution in [3.8, 4) is 0 Å². The minimum absolute atomic E-state index is 0.0107.